The summed E-state index contributed by atoms with van der Waals surface area (Å²) in [6.07, 6.45) is 5.06. The molecule has 8 nitrogen and oxygen atoms in total. The number of aromatic nitrogens is 2. The van der Waals surface area contributed by atoms with Crippen molar-refractivity contribution in [3.05, 3.63) is 94.4 Å². The normalized spacial score (nSPS) is 24.5. The number of nitrogens with zero attached hydrogens (tertiary/aromatic N) is 3. The lowest BCUT2D eigenvalue weighted by molar-refractivity contribution is -0.147. The predicted molar refractivity (Wildman–Crippen MR) is 138 cm³/mol. The molecule has 5 atom stereocenters. The smallest absolute Gasteiger partial charge is 0.295 e. The van der Waals surface area contributed by atoms with Crippen LogP contribution >= 0.6 is 0 Å². The minimum Gasteiger partial charge on any atom is -0.318 e. The molecule has 2 bridgehead atoms. The average molecular weight is 497 g/mol. The van der Waals surface area contributed by atoms with Gasteiger partial charge in [0.25, 0.3) is 5.56 Å². The topological polar surface area (TPSA) is 93.4 Å². The lowest BCUT2D eigenvalue weighted by Gasteiger charge is -2.27. The van der Waals surface area contributed by atoms with Gasteiger partial charge in [-0.1, -0.05) is 60.7 Å². The Balaban J connectivity index is 1.36. The number of hydrogen-bond donors (Lipinski definition) is 1. The van der Waals surface area contributed by atoms with Crippen LogP contribution in [0.4, 0.5) is 5.69 Å². The fourth-order valence-electron chi connectivity index (χ4n) is 6.29. The van der Waals surface area contributed by atoms with Crippen LogP contribution in [0.1, 0.15) is 17.7 Å². The van der Waals surface area contributed by atoms with Gasteiger partial charge in [0.05, 0.1) is 23.2 Å². The molecule has 37 heavy (non-hydrogen) atoms. The number of benzene rings is 2. The van der Waals surface area contributed by atoms with Gasteiger partial charge >= 0.3 is 0 Å². The van der Waals surface area contributed by atoms with Gasteiger partial charge in [-0.15, -0.1) is 0 Å². The first-order valence-electron chi connectivity index (χ1n) is 12.6. The first kappa shape index (κ1) is 23.2. The van der Waals surface area contributed by atoms with Crippen LogP contribution in [0.5, 0.6) is 0 Å². The molecule has 1 N–H and O–H groups in total. The summed E-state index contributed by atoms with van der Waals surface area (Å²) in [6, 6.07) is 17.4. The standard InChI is InChI=1S/C29H28N4O4/c1-17-25(29(37)33(31(17)2)21-11-7-4-8-12-21)30-26(34)22(15-18-9-5-3-6-10-18)32-27(35)23-19-13-14-20(16-19)24(23)28(32)36/h3-14,19-20,22-24H,15-16H2,1-2H3,(H,30,34)/t19-,20-,22-,23-,24-/m0/s1. The molecule has 1 aliphatic heterocycles. The zero-order valence-electron chi connectivity index (χ0n) is 20.7. The third-order valence-electron chi connectivity index (χ3n) is 8.19. The molecule has 2 fully saturated rings. The molecule has 0 radical (unpaired) electrons. The van der Waals surface area contributed by atoms with Gasteiger partial charge < -0.3 is 5.32 Å². The van der Waals surface area contributed by atoms with Gasteiger partial charge in [-0.3, -0.25) is 28.8 Å². The van der Waals surface area contributed by atoms with Gasteiger partial charge in [-0.05, 0) is 42.9 Å². The minimum absolute atomic E-state index is 0.0475. The molecule has 188 valence electrons. The Kier molecular flexibility index (Phi) is 5.47. The van der Waals surface area contributed by atoms with Crippen molar-refractivity contribution in [1.29, 1.82) is 0 Å². The number of fused-ring (bicyclic) bond motifs is 5. The lowest BCUT2D eigenvalue weighted by Crippen LogP contribution is -2.50. The van der Waals surface area contributed by atoms with E-state index in [1.165, 1.54) is 9.58 Å². The summed E-state index contributed by atoms with van der Waals surface area (Å²) < 4.78 is 3.16. The van der Waals surface area contributed by atoms with E-state index in [0.717, 1.165) is 12.0 Å². The largest absolute Gasteiger partial charge is 0.318 e. The Hall–Kier alpha value is -4.20. The van der Waals surface area contributed by atoms with Crippen molar-refractivity contribution in [3.63, 3.8) is 0 Å². The molecule has 1 saturated heterocycles. The van der Waals surface area contributed by atoms with Crippen molar-refractivity contribution in [1.82, 2.24) is 14.3 Å². The van der Waals surface area contributed by atoms with E-state index in [1.54, 1.807) is 18.7 Å². The molecule has 3 aromatic rings. The Labute approximate surface area is 214 Å². The molecule has 1 aromatic heterocycles. The van der Waals surface area contributed by atoms with Crippen molar-refractivity contribution in [2.75, 3.05) is 5.32 Å². The Morgan fingerprint density at radius 1 is 0.919 bits per heavy atom. The zero-order chi connectivity index (χ0) is 25.8. The maximum Gasteiger partial charge on any atom is 0.295 e. The number of carbonyl (C=O) groups is 3. The van der Waals surface area contributed by atoms with Crippen molar-refractivity contribution in [2.45, 2.75) is 25.8 Å². The van der Waals surface area contributed by atoms with Gasteiger partial charge in [0.1, 0.15) is 11.7 Å². The van der Waals surface area contributed by atoms with Crippen molar-refractivity contribution in [2.24, 2.45) is 30.7 Å². The second kappa shape index (κ2) is 8.73. The first-order chi connectivity index (χ1) is 17.9. The van der Waals surface area contributed by atoms with Crippen LogP contribution in [0.25, 0.3) is 5.69 Å². The number of allylic oxidation sites excluding steroid dienone is 2. The van der Waals surface area contributed by atoms with E-state index in [2.05, 4.69) is 5.32 Å². The summed E-state index contributed by atoms with van der Waals surface area (Å²) >= 11 is 0. The number of amides is 3. The fourth-order valence-corrected chi connectivity index (χ4v) is 6.29. The van der Waals surface area contributed by atoms with E-state index in [9.17, 15) is 19.2 Å². The highest BCUT2D eigenvalue weighted by Crippen LogP contribution is 2.53. The van der Waals surface area contributed by atoms with Crippen LogP contribution in [0.15, 0.2) is 77.6 Å². The molecule has 2 heterocycles. The quantitative estimate of drug-likeness (QED) is 0.420. The van der Waals surface area contributed by atoms with Crippen molar-refractivity contribution in [3.8, 4) is 5.69 Å². The highest BCUT2D eigenvalue weighted by Gasteiger charge is 2.61. The van der Waals surface area contributed by atoms with Crippen LogP contribution in [0, 0.1) is 30.6 Å². The van der Waals surface area contributed by atoms with Crippen LogP contribution in [-0.4, -0.2) is 38.0 Å². The van der Waals surface area contributed by atoms with Gasteiger partial charge in [-0.25, -0.2) is 4.68 Å². The molecule has 6 rings (SSSR count). The Morgan fingerprint density at radius 3 is 2.08 bits per heavy atom. The lowest BCUT2D eigenvalue weighted by atomic mass is 9.85. The molecule has 0 unspecified atom stereocenters. The highest BCUT2D eigenvalue weighted by molar-refractivity contribution is 6.11. The third kappa shape index (κ3) is 3.58. The van der Waals surface area contributed by atoms with Gasteiger partial charge in [-0.2, -0.15) is 0 Å². The SMILES string of the molecule is Cc1c(NC(=O)[C@H](Cc2ccccc2)N2C(=O)[C@@H]3[C@@H](C2=O)[C@H]2C=C[C@H]3C2)c(=O)n(-c2ccccc2)n1C. The minimum atomic E-state index is -1.06. The molecule has 3 amide bonds. The number of hydrogen-bond acceptors (Lipinski definition) is 4. The second-order valence-electron chi connectivity index (χ2n) is 10.2. The summed E-state index contributed by atoms with van der Waals surface area (Å²) in [6.45, 7) is 1.75. The molecule has 2 aliphatic carbocycles. The van der Waals surface area contributed by atoms with Crippen LogP contribution in [-0.2, 0) is 27.9 Å². The maximum atomic E-state index is 13.8. The molecule has 3 aliphatic rings. The van der Waals surface area contributed by atoms with E-state index in [1.807, 2.05) is 72.8 Å². The zero-order valence-corrected chi connectivity index (χ0v) is 20.7. The number of likely N-dealkylation sites (tertiary alicyclic amines) is 1. The number of anilines is 1. The Morgan fingerprint density at radius 2 is 1.49 bits per heavy atom. The summed E-state index contributed by atoms with van der Waals surface area (Å²) in [4.78, 5) is 55.6. The average Bonchev–Trinajstić information content (AvgIpc) is 3.64. The predicted octanol–water partition coefficient (Wildman–Crippen LogP) is 2.84. The molecular formula is C29H28N4O4. The molecule has 2 aromatic carbocycles. The van der Waals surface area contributed by atoms with Gasteiger partial charge in [0.2, 0.25) is 17.7 Å². The number of rotatable bonds is 6. The van der Waals surface area contributed by atoms with Crippen LogP contribution in [0.2, 0.25) is 0 Å². The van der Waals surface area contributed by atoms with E-state index in [0.29, 0.717) is 11.4 Å². The summed E-state index contributed by atoms with van der Waals surface area (Å²) in [5, 5.41) is 2.80. The molecule has 8 heteroatoms. The van der Waals surface area contributed by atoms with Crippen molar-refractivity contribution < 1.29 is 14.4 Å². The van der Waals surface area contributed by atoms with Crippen molar-refractivity contribution >= 4 is 23.4 Å². The number of imide groups is 1. The van der Waals surface area contributed by atoms with E-state index in [-0.39, 0.29) is 41.3 Å². The van der Waals surface area contributed by atoms with Crippen LogP contribution in [0.3, 0.4) is 0 Å². The van der Waals surface area contributed by atoms with Gasteiger partial charge in [0, 0.05) is 13.5 Å². The monoisotopic (exact) mass is 496 g/mol. The second-order valence-corrected chi connectivity index (χ2v) is 10.2. The first-order valence-corrected chi connectivity index (χ1v) is 12.6. The number of nitrogens with one attached hydrogen (secondary N) is 1. The molecule has 0 spiro atoms. The Bertz CT molecular complexity index is 1460. The third-order valence-corrected chi connectivity index (χ3v) is 8.19. The number of carbonyl (C=O) groups excluding carboxylic acids is 3. The van der Waals surface area contributed by atoms with Gasteiger partial charge in [0.15, 0.2) is 0 Å². The van der Waals surface area contributed by atoms with E-state index >= 15 is 0 Å². The fraction of sp³-hybridized carbons (Fsp3) is 0.310. The number of para-hydroxylation sites is 1. The van der Waals surface area contributed by atoms with Crippen LogP contribution < -0.4 is 10.9 Å². The summed E-state index contributed by atoms with van der Waals surface area (Å²) in [5.41, 5.74) is 1.82. The molecule has 1 saturated carbocycles. The van der Waals surface area contributed by atoms with E-state index in [4.69, 9.17) is 0 Å². The van der Waals surface area contributed by atoms with E-state index < -0.39 is 23.8 Å². The maximum absolute atomic E-state index is 13.8. The summed E-state index contributed by atoms with van der Waals surface area (Å²) in [7, 11) is 1.75. The summed E-state index contributed by atoms with van der Waals surface area (Å²) in [5.74, 6) is -1.82. The highest BCUT2D eigenvalue weighted by atomic mass is 16.2. The molecular weight excluding hydrogens is 468 g/mol.